The number of amidine groups is 1. The molecule has 2 rings (SSSR count). The van der Waals surface area contributed by atoms with Gasteiger partial charge in [-0.15, -0.1) is 0 Å². The van der Waals surface area contributed by atoms with Crippen molar-refractivity contribution in [3.8, 4) is 0 Å². The molecule has 10 nitrogen and oxygen atoms in total. The Kier molecular flexibility index (Phi) is 12.2. The van der Waals surface area contributed by atoms with Gasteiger partial charge in [-0.3, -0.25) is 0 Å². The van der Waals surface area contributed by atoms with Crippen LogP contribution in [0.15, 0.2) is 41.6 Å². The molecule has 6 N–H and O–H groups in total. The number of hydrogen-bond acceptors (Lipinski definition) is 8. The highest BCUT2D eigenvalue weighted by atomic mass is 35.5. The molecule has 0 atom stereocenters. The number of oxime groups is 1. The van der Waals surface area contributed by atoms with Gasteiger partial charge < -0.3 is 25.6 Å². The van der Waals surface area contributed by atoms with Crippen LogP contribution >= 0.6 is 23.2 Å². The molecule has 0 aromatic heterocycles. The molecule has 2 aromatic rings. The van der Waals surface area contributed by atoms with Crippen molar-refractivity contribution in [3.05, 3.63) is 74.6 Å². The summed E-state index contributed by atoms with van der Waals surface area (Å²) in [5.41, 5.74) is 6.68. The lowest BCUT2D eigenvalue weighted by Gasteiger charge is -2.04. The van der Waals surface area contributed by atoms with Crippen molar-refractivity contribution in [2.45, 2.75) is 0 Å². The summed E-state index contributed by atoms with van der Waals surface area (Å²) in [7, 11) is 2.56. The average molecular weight is 457 g/mol. The van der Waals surface area contributed by atoms with Crippen LogP contribution in [0.1, 0.15) is 26.3 Å². The van der Waals surface area contributed by atoms with Crippen molar-refractivity contribution in [2.75, 3.05) is 14.2 Å². The predicted octanol–water partition coefficient (Wildman–Crippen LogP) is 3.23. The number of nitrogens with two attached hydrogens (primary N) is 2. The molecular weight excluding hydrogens is 439 g/mol. The molecule has 30 heavy (non-hydrogen) atoms. The number of nitrogens with zero attached hydrogens (tertiary/aromatic N) is 2. The van der Waals surface area contributed by atoms with Crippen LogP contribution in [0.2, 0.25) is 10.0 Å². The molecule has 2 aromatic carbocycles. The van der Waals surface area contributed by atoms with Gasteiger partial charge in [-0.05, 0) is 24.3 Å². The normalized spacial score (nSPS) is 9.70. The van der Waals surface area contributed by atoms with E-state index in [1.165, 1.54) is 50.6 Å². The van der Waals surface area contributed by atoms with Gasteiger partial charge in [0.15, 0.2) is 5.84 Å². The fourth-order valence-electron chi connectivity index (χ4n) is 1.86. The van der Waals surface area contributed by atoms with Gasteiger partial charge in [0.05, 0.1) is 36.9 Å². The van der Waals surface area contributed by atoms with E-state index in [1.807, 2.05) is 0 Å². The highest BCUT2D eigenvalue weighted by Gasteiger charge is 2.11. The molecule has 0 amide bonds. The molecule has 0 aliphatic carbocycles. The lowest BCUT2D eigenvalue weighted by Crippen LogP contribution is -2.14. The molecule has 0 bridgehead atoms. The molecule has 160 valence electrons. The Labute approximate surface area is 182 Å². The van der Waals surface area contributed by atoms with Crippen molar-refractivity contribution in [3.63, 3.8) is 0 Å². The molecule has 0 heterocycles. The molecule has 0 fully saturated rings. The van der Waals surface area contributed by atoms with Crippen molar-refractivity contribution in [1.29, 1.82) is 0 Å². The molecule has 0 aliphatic heterocycles. The molecule has 0 unspecified atom stereocenters. The van der Waals surface area contributed by atoms with E-state index in [4.69, 9.17) is 45.9 Å². The first-order chi connectivity index (χ1) is 14.3. The minimum atomic E-state index is -0.497. The van der Waals surface area contributed by atoms with E-state index >= 15 is 0 Å². The number of carbonyl (C=O) groups is 2. The number of esters is 2. The smallest absolute Gasteiger partial charge is 0.337 e. The van der Waals surface area contributed by atoms with Crippen LogP contribution in [0.25, 0.3) is 4.85 Å². The fraction of sp³-hybridized carbons (Fsp3) is 0.111. The largest absolute Gasteiger partial charge is 0.465 e. The second-order valence-corrected chi connectivity index (χ2v) is 5.76. The zero-order valence-corrected chi connectivity index (χ0v) is 17.3. The van der Waals surface area contributed by atoms with Crippen LogP contribution < -0.4 is 11.6 Å². The molecule has 12 heteroatoms. The number of ether oxygens (including phenoxy) is 2. The Morgan fingerprint density at radius 1 is 1.00 bits per heavy atom. The Morgan fingerprint density at radius 3 is 1.83 bits per heavy atom. The van der Waals surface area contributed by atoms with Crippen LogP contribution in [-0.2, 0) is 9.47 Å². The lowest BCUT2D eigenvalue weighted by atomic mass is 10.1. The van der Waals surface area contributed by atoms with E-state index in [0.29, 0.717) is 22.4 Å². The van der Waals surface area contributed by atoms with Crippen LogP contribution in [0.4, 0.5) is 5.69 Å². The van der Waals surface area contributed by atoms with Gasteiger partial charge in [0.1, 0.15) is 0 Å². The van der Waals surface area contributed by atoms with Crippen molar-refractivity contribution >= 4 is 46.7 Å². The number of halogens is 2. The maximum atomic E-state index is 11.1. The predicted molar refractivity (Wildman–Crippen MR) is 110 cm³/mol. The lowest BCUT2D eigenvalue weighted by molar-refractivity contribution is 0.0592. The zero-order chi connectivity index (χ0) is 23.3. The Morgan fingerprint density at radius 2 is 1.47 bits per heavy atom. The van der Waals surface area contributed by atoms with Crippen molar-refractivity contribution < 1.29 is 29.5 Å². The van der Waals surface area contributed by atoms with Crippen LogP contribution in [-0.4, -0.2) is 42.4 Å². The minimum absolute atomic E-state index is 0.114. The summed E-state index contributed by atoms with van der Waals surface area (Å²) < 4.78 is 9.00. The van der Waals surface area contributed by atoms with Gasteiger partial charge in [-0.1, -0.05) is 40.5 Å². The number of hydrogen-bond donors (Lipinski definition) is 4. The summed E-state index contributed by atoms with van der Waals surface area (Å²) in [5.74, 6) is 2.43. The Hall–Kier alpha value is -3.36. The number of benzene rings is 2. The summed E-state index contributed by atoms with van der Waals surface area (Å²) >= 11 is 11.5. The maximum Gasteiger partial charge on any atom is 0.337 e. The highest BCUT2D eigenvalue weighted by Crippen LogP contribution is 2.25. The summed E-state index contributed by atoms with van der Waals surface area (Å²) in [6.45, 7) is 6.73. The van der Waals surface area contributed by atoms with E-state index < -0.39 is 11.9 Å². The van der Waals surface area contributed by atoms with E-state index in [0.717, 1.165) is 0 Å². The van der Waals surface area contributed by atoms with E-state index in [9.17, 15) is 9.59 Å². The molecule has 0 aliphatic rings. The van der Waals surface area contributed by atoms with Gasteiger partial charge in [-0.25, -0.2) is 20.3 Å². The monoisotopic (exact) mass is 456 g/mol. The molecule has 0 saturated heterocycles. The summed E-state index contributed by atoms with van der Waals surface area (Å²) in [4.78, 5) is 25.3. The van der Waals surface area contributed by atoms with Gasteiger partial charge >= 0.3 is 11.9 Å². The van der Waals surface area contributed by atoms with E-state index in [2.05, 4.69) is 25.4 Å². The maximum absolute atomic E-state index is 11.1. The van der Waals surface area contributed by atoms with Crippen molar-refractivity contribution in [2.24, 2.45) is 16.8 Å². The quantitative estimate of drug-likeness (QED) is 0.136. The van der Waals surface area contributed by atoms with E-state index in [1.54, 1.807) is 0 Å². The third kappa shape index (κ3) is 7.57. The van der Waals surface area contributed by atoms with Gasteiger partial charge in [0.2, 0.25) is 5.69 Å². The van der Waals surface area contributed by atoms with E-state index in [-0.39, 0.29) is 15.9 Å². The average Bonchev–Trinajstić information content (AvgIpc) is 2.79. The minimum Gasteiger partial charge on any atom is -0.465 e. The van der Waals surface area contributed by atoms with Crippen LogP contribution in [0.3, 0.4) is 0 Å². The van der Waals surface area contributed by atoms with Crippen molar-refractivity contribution in [1.82, 2.24) is 0 Å². The highest BCUT2D eigenvalue weighted by molar-refractivity contribution is 6.34. The third-order valence-electron chi connectivity index (χ3n) is 3.26. The molecule has 0 saturated carbocycles. The number of rotatable bonds is 3. The van der Waals surface area contributed by atoms with Crippen LogP contribution in [0.5, 0.6) is 0 Å². The Balaban J connectivity index is 0.000000522. The topological polar surface area (TPSA) is 162 Å². The van der Waals surface area contributed by atoms with Gasteiger partial charge in [0.25, 0.3) is 0 Å². The summed E-state index contributed by atoms with van der Waals surface area (Å²) in [5, 5.41) is 18.2. The second kappa shape index (κ2) is 13.8. The number of carbonyl (C=O) groups excluding carboxylic acids is 2. The summed E-state index contributed by atoms with van der Waals surface area (Å²) in [6.07, 6.45) is 0. The van der Waals surface area contributed by atoms with Gasteiger partial charge in [0, 0.05) is 10.6 Å². The molecular formula is C18H18Cl2N4O6. The van der Waals surface area contributed by atoms with Crippen LogP contribution in [0, 0.1) is 6.57 Å². The fourth-order valence-corrected chi connectivity index (χ4v) is 2.36. The molecule has 0 spiro atoms. The van der Waals surface area contributed by atoms with Gasteiger partial charge in [-0.2, -0.15) is 0 Å². The first kappa shape index (κ1) is 26.6. The first-order valence-electron chi connectivity index (χ1n) is 7.65. The molecule has 0 radical (unpaired) electrons. The second-order valence-electron chi connectivity index (χ2n) is 4.94. The summed E-state index contributed by atoms with van der Waals surface area (Å²) in [6, 6.07) is 8.75. The first-order valence-corrected chi connectivity index (χ1v) is 8.41. The standard InChI is InChI=1S/C9H9ClN2O3.C9H6ClNO2.H3NO/c1-15-9(13)5-2-3-6(7(10)4-5)8(11)12-14;1-11-8-4-3-6(5-7(8)10)9(12)13-2;1-2/h2-4,14H,1H3,(H2,11,12);3-5H,2H3;2H,1H2. The number of methoxy groups -OCH3 is 2. The third-order valence-corrected chi connectivity index (χ3v) is 3.88. The Bertz CT molecular complexity index is 960. The zero-order valence-electron chi connectivity index (χ0n) is 15.8. The SMILES string of the molecule is COC(=O)c1ccc(/C(N)=N\O)c(Cl)c1.NO.[C-]#[N+]c1ccc(C(=O)OC)cc1Cl.